The van der Waals surface area contributed by atoms with Gasteiger partial charge < -0.3 is 10.5 Å². The molecule has 94 valence electrons. The van der Waals surface area contributed by atoms with E-state index in [0.717, 1.165) is 10.0 Å². The summed E-state index contributed by atoms with van der Waals surface area (Å²) in [6, 6.07) is 10.8. The highest BCUT2D eigenvalue weighted by Crippen LogP contribution is 2.34. The van der Waals surface area contributed by atoms with E-state index in [4.69, 9.17) is 33.7 Å². The molecule has 0 amide bonds. The summed E-state index contributed by atoms with van der Waals surface area (Å²) in [6.07, 6.45) is 0. The van der Waals surface area contributed by atoms with Crippen molar-refractivity contribution in [3.63, 3.8) is 0 Å². The Morgan fingerprint density at radius 1 is 1.06 bits per heavy atom. The molecule has 0 atom stereocenters. The Labute approximate surface area is 124 Å². The van der Waals surface area contributed by atoms with E-state index in [1.54, 1.807) is 18.2 Å². The molecule has 0 saturated carbocycles. The van der Waals surface area contributed by atoms with E-state index >= 15 is 0 Å². The number of anilines is 1. The van der Waals surface area contributed by atoms with E-state index in [0.29, 0.717) is 28.1 Å². The Morgan fingerprint density at radius 2 is 1.67 bits per heavy atom. The number of nitrogen functional groups attached to an aromatic ring is 1. The van der Waals surface area contributed by atoms with Crippen LogP contribution in [0.25, 0.3) is 0 Å². The predicted octanol–water partition coefficient (Wildman–Crippen LogP) is 4.92. The lowest BCUT2D eigenvalue weighted by atomic mass is 10.2. The maximum Gasteiger partial charge on any atom is 0.156 e. The lowest BCUT2D eigenvalue weighted by Crippen LogP contribution is -2.01. The summed E-state index contributed by atoms with van der Waals surface area (Å²) >= 11 is 15.5. The molecule has 0 aromatic heterocycles. The molecular formula is C13H10BrCl2NO. The fourth-order valence-corrected chi connectivity index (χ4v) is 2.49. The number of nitrogens with two attached hydrogens (primary N) is 1. The second-order valence-electron chi connectivity index (χ2n) is 3.65. The van der Waals surface area contributed by atoms with Gasteiger partial charge in [0, 0.05) is 15.7 Å². The molecule has 0 radical (unpaired) electrons. The van der Waals surface area contributed by atoms with Gasteiger partial charge in [-0.2, -0.15) is 0 Å². The number of halogens is 3. The number of para-hydroxylation sites is 1. The smallest absolute Gasteiger partial charge is 0.156 e. The van der Waals surface area contributed by atoms with Gasteiger partial charge in [0.1, 0.15) is 6.61 Å². The minimum absolute atomic E-state index is 0.302. The molecule has 0 spiro atoms. The molecule has 2 nitrogen and oxygen atoms in total. The number of benzene rings is 2. The molecule has 5 heteroatoms. The van der Waals surface area contributed by atoms with Crippen LogP contribution < -0.4 is 10.5 Å². The van der Waals surface area contributed by atoms with Crippen molar-refractivity contribution in [2.75, 3.05) is 5.73 Å². The molecule has 2 rings (SSSR count). The standard InChI is InChI=1S/C13H10BrCl2NO/c14-9-3-1-6-12(17)8(9)7-18-13-10(15)4-2-5-11(13)16/h1-6H,7,17H2. The van der Waals surface area contributed by atoms with Crippen molar-refractivity contribution in [1.82, 2.24) is 0 Å². The van der Waals surface area contributed by atoms with E-state index in [1.165, 1.54) is 0 Å². The van der Waals surface area contributed by atoms with Crippen LogP contribution in [0, 0.1) is 0 Å². The number of rotatable bonds is 3. The average Bonchev–Trinajstić information content (AvgIpc) is 2.31. The first kappa shape index (κ1) is 13.5. The summed E-state index contributed by atoms with van der Waals surface area (Å²) in [5.41, 5.74) is 7.41. The van der Waals surface area contributed by atoms with Crippen LogP contribution in [0.3, 0.4) is 0 Å². The lowest BCUT2D eigenvalue weighted by Gasteiger charge is -2.12. The zero-order valence-electron chi connectivity index (χ0n) is 9.29. The molecule has 2 aromatic carbocycles. The highest BCUT2D eigenvalue weighted by atomic mass is 79.9. The fourth-order valence-electron chi connectivity index (χ4n) is 1.49. The maximum atomic E-state index is 6.02. The molecule has 18 heavy (non-hydrogen) atoms. The largest absolute Gasteiger partial charge is 0.486 e. The molecule has 0 aliphatic rings. The molecule has 0 saturated heterocycles. The third kappa shape index (κ3) is 2.91. The van der Waals surface area contributed by atoms with Gasteiger partial charge in [0.2, 0.25) is 0 Å². The zero-order chi connectivity index (χ0) is 13.1. The highest BCUT2D eigenvalue weighted by Gasteiger charge is 2.09. The fraction of sp³-hybridized carbons (Fsp3) is 0.0769. The lowest BCUT2D eigenvalue weighted by molar-refractivity contribution is 0.306. The Balaban J connectivity index is 2.22. The Morgan fingerprint density at radius 3 is 2.28 bits per heavy atom. The summed E-state index contributed by atoms with van der Waals surface area (Å²) < 4.78 is 6.54. The van der Waals surface area contributed by atoms with Gasteiger partial charge in [0.15, 0.2) is 5.75 Å². The normalized spacial score (nSPS) is 10.4. The van der Waals surface area contributed by atoms with Gasteiger partial charge in [-0.3, -0.25) is 0 Å². The van der Waals surface area contributed by atoms with Gasteiger partial charge in [-0.15, -0.1) is 0 Å². The molecule has 0 unspecified atom stereocenters. The van der Waals surface area contributed by atoms with E-state index in [-0.39, 0.29) is 0 Å². The van der Waals surface area contributed by atoms with Crippen molar-refractivity contribution < 1.29 is 4.74 Å². The van der Waals surface area contributed by atoms with Crippen molar-refractivity contribution in [3.05, 3.63) is 56.5 Å². The molecule has 2 aromatic rings. The second kappa shape index (κ2) is 5.83. The van der Waals surface area contributed by atoms with Gasteiger partial charge >= 0.3 is 0 Å². The van der Waals surface area contributed by atoms with Crippen molar-refractivity contribution in [2.24, 2.45) is 0 Å². The topological polar surface area (TPSA) is 35.2 Å². The average molecular weight is 347 g/mol. The molecule has 0 aliphatic heterocycles. The maximum absolute atomic E-state index is 6.02. The molecule has 2 N–H and O–H groups in total. The first-order valence-electron chi connectivity index (χ1n) is 5.19. The van der Waals surface area contributed by atoms with E-state index < -0.39 is 0 Å². The van der Waals surface area contributed by atoms with Gasteiger partial charge in [-0.05, 0) is 24.3 Å². The van der Waals surface area contributed by atoms with Crippen molar-refractivity contribution in [2.45, 2.75) is 6.61 Å². The minimum atomic E-state index is 0.302. The number of ether oxygens (including phenoxy) is 1. The van der Waals surface area contributed by atoms with Crippen LogP contribution in [-0.2, 0) is 6.61 Å². The van der Waals surface area contributed by atoms with Gasteiger partial charge in [0.25, 0.3) is 0 Å². The summed E-state index contributed by atoms with van der Waals surface area (Å²) in [5, 5.41) is 0.959. The first-order chi connectivity index (χ1) is 8.59. The van der Waals surface area contributed by atoms with Crippen LogP contribution in [0.2, 0.25) is 10.0 Å². The quantitative estimate of drug-likeness (QED) is 0.801. The Bertz CT molecular complexity index is 483. The Hall–Kier alpha value is -0.900. The van der Waals surface area contributed by atoms with E-state index in [9.17, 15) is 0 Å². The van der Waals surface area contributed by atoms with Crippen LogP contribution >= 0.6 is 39.1 Å². The Kier molecular flexibility index (Phi) is 4.38. The molecule has 0 bridgehead atoms. The molecule has 0 fully saturated rings. The zero-order valence-corrected chi connectivity index (χ0v) is 12.4. The van der Waals surface area contributed by atoms with Crippen molar-refractivity contribution in [1.29, 1.82) is 0 Å². The minimum Gasteiger partial charge on any atom is -0.486 e. The van der Waals surface area contributed by atoms with Crippen LogP contribution in [-0.4, -0.2) is 0 Å². The predicted molar refractivity (Wildman–Crippen MR) is 79.3 cm³/mol. The summed E-state index contributed by atoms with van der Waals surface area (Å²) in [5.74, 6) is 0.469. The second-order valence-corrected chi connectivity index (χ2v) is 5.32. The molecular weight excluding hydrogens is 337 g/mol. The summed E-state index contributed by atoms with van der Waals surface area (Å²) in [7, 11) is 0. The number of hydrogen-bond acceptors (Lipinski definition) is 2. The van der Waals surface area contributed by atoms with Gasteiger partial charge in [-0.25, -0.2) is 0 Å². The van der Waals surface area contributed by atoms with Crippen molar-refractivity contribution >= 4 is 44.8 Å². The van der Waals surface area contributed by atoms with Crippen LogP contribution in [0.5, 0.6) is 5.75 Å². The van der Waals surface area contributed by atoms with Crippen molar-refractivity contribution in [3.8, 4) is 5.75 Å². The first-order valence-corrected chi connectivity index (χ1v) is 6.74. The van der Waals surface area contributed by atoms with E-state index in [1.807, 2.05) is 18.2 Å². The van der Waals surface area contributed by atoms with Crippen LogP contribution in [0.1, 0.15) is 5.56 Å². The van der Waals surface area contributed by atoms with Gasteiger partial charge in [0.05, 0.1) is 10.0 Å². The van der Waals surface area contributed by atoms with Crippen LogP contribution in [0.15, 0.2) is 40.9 Å². The summed E-state index contributed by atoms with van der Waals surface area (Å²) in [6.45, 7) is 0.302. The third-order valence-corrected chi connectivity index (χ3v) is 3.77. The van der Waals surface area contributed by atoms with Gasteiger partial charge in [-0.1, -0.05) is 51.3 Å². The summed E-state index contributed by atoms with van der Waals surface area (Å²) in [4.78, 5) is 0. The molecule has 0 heterocycles. The SMILES string of the molecule is Nc1cccc(Br)c1COc1c(Cl)cccc1Cl. The molecule has 0 aliphatic carbocycles. The highest BCUT2D eigenvalue weighted by molar-refractivity contribution is 9.10. The van der Waals surface area contributed by atoms with E-state index in [2.05, 4.69) is 15.9 Å². The van der Waals surface area contributed by atoms with Crippen LogP contribution in [0.4, 0.5) is 5.69 Å². The number of hydrogen-bond donors (Lipinski definition) is 1. The third-order valence-electron chi connectivity index (χ3n) is 2.43. The monoisotopic (exact) mass is 345 g/mol.